The van der Waals surface area contributed by atoms with Crippen LogP contribution in [0.3, 0.4) is 0 Å². The van der Waals surface area contributed by atoms with Gasteiger partial charge in [-0.1, -0.05) is 76.2 Å². The fourth-order valence-corrected chi connectivity index (χ4v) is 7.68. The van der Waals surface area contributed by atoms with Gasteiger partial charge < -0.3 is 39.9 Å². The molecule has 4 atom stereocenters. The lowest BCUT2D eigenvalue weighted by Gasteiger charge is -2.30. The Labute approximate surface area is 334 Å². The number of imidazole rings is 2. The third-order valence-electron chi connectivity index (χ3n) is 10.6. The summed E-state index contributed by atoms with van der Waals surface area (Å²) in [6, 6.07) is 14.7. The molecule has 0 saturated carbocycles. The Morgan fingerprint density at radius 1 is 0.667 bits per heavy atom. The van der Waals surface area contributed by atoms with Crippen molar-refractivity contribution in [3.05, 3.63) is 72.6 Å². The zero-order chi connectivity index (χ0) is 40.8. The van der Waals surface area contributed by atoms with Crippen molar-refractivity contribution < 1.29 is 28.7 Å². The summed E-state index contributed by atoms with van der Waals surface area (Å²) in [6.07, 6.45) is 5.40. The molecule has 0 bridgehead atoms. The van der Waals surface area contributed by atoms with E-state index in [4.69, 9.17) is 14.5 Å². The van der Waals surface area contributed by atoms with Gasteiger partial charge in [-0.3, -0.25) is 9.59 Å². The molecule has 57 heavy (non-hydrogen) atoms. The normalized spacial score (nSPS) is 17.9. The summed E-state index contributed by atoms with van der Waals surface area (Å²) in [5.74, 6) is 0.963. The number of ether oxygens (including phenoxy) is 2. The molecule has 0 aliphatic carbocycles. The summed E-state index contributed by atoms with van der Waals surface area (Å²) in [5.41, 5.74) is 5.79. The van der Waals surface area contributed by atoms with Crippen molar-refractivity contribution in [2.45, 2.75) is 104 Å². The fourth-order valence-electron chi connectivity index (χ4n) is 7.68. The molecule has 6 rings (SSSR count). The first kappa shape index (κ1) is 41.0. The van der Waals surface area contributed by atoms with E-state index >= 15 is 0 Å². The van der Waals surface area contributed by atoms with Crippen LogP contribution in [0.4, 0.5) is 9.59 Å². The lowest BCUT2D eigenvalue weighted by Crippen LogP contribution is -2.51. The minimum atomic E-state index is -0.698. The Bertz CT molecular complexity index is 2000. The van der Waals surface area contributed by atoms with Gasteiger partial charge in [-0.15, -0.1) is 0 Å². The molecule has 304 valence electrons. The first-order valence-corrected chi connectivity index (χ1v) is 20.2. The number of H-pyrrole nitrogens is 2. The molecule has 2 aliphatic rings. The van der Waals surface area contributed by atoms with Crippen molar-refractivity contribution in [2.24, 2.45) is 11.8 Å². The van der Waals surface area contributed by atoms with Crippen LogP contribution in [0.1, 0.15) is 97.9 Å². The second-order valence-corrected chi connectivity index (χ2v) is 15.8. The number of rotatable bonds is 13. The Kier molecular flexibility index (Phi) is 13.0. The van der Waals surface area contributed by atoms with Crippen LogP contribution in [0, 0.1) is 11.8 Å². The number of aromatic nitrogens is 4. The van der Waals surface area contributed by atoms with Crippen molar-refractivity contribution in [3.8, 4) is 33.6 Å². The number of benzene rings is 2. The van der Waals surface area contributed by atoms with Gasteiger partial charge in [0, 0.05) is 13.1 Å². The SMILES string of the molecule is CCOC(=O)N[C@H](C(=O)N1CCCC1c1ncc(-c2ccc(-c3ccc(-c4cnc([C@@H]5CCCN5C(=O)[C@@H](NC(=O)OC(C)C)C(C)C)[nH]4)cc3)cc2)[nH]1)C(C)C. The minimum absolute atomic E-state index is 0.105. The number of carbonyl (C=O) groups excluding carboxylic acids is 4. The molecule has 4 aromatic rings. The number of hydrogen-bond donors (Lipinski definition) is 4. The largest absolute Gasteiger partial charge is 0.450 e. The van der Waals surface area contributed by atoms with Crippen molar-refractivity contribution >= 4 is 24.0 Å². The molecule has 14 nitrogen and oxygen atoms in total. The summed E-state index contributed by atoms with van der Waals surface area (Å²) in [6.45, 7) is 14.4. The molecule has 4 amide bonds. The molecule has 2 saturated heterocycles. The monoisotopic (exact) mass is 780 g/mol. The second kappa shape index (κ2) is 18.1. The molecular formula is C43H56N8O6. The molecule has 2 aromatic heterocycles. The number of carbonyl (C=O) groups is 4. The maximum atomic E-state index is 13.7. The van der Waals surface area contributed by atoms with E-state index < -0.39 is 24.3 Å². The van der Waals surface area contributed by atoms with Crippen LogP contribution < -0.4 is 10.6 Å². The summed E-state index contributed by atoms with van der Waals surface area (Å²) in [7, 11) is 0. The van der Waals surface area contributed by atoms with E-state index in [1.165, 1.54) is 0 Å². The van der Waals surface area contributed by atoms with Gasteiger partial charge in [0.1, 0.15) is 23.7 Å². The van der Waals surface area contributed by atoms with E-state index in [1.54, 1.807) is 33.2 Å². The number of aromatic amines is 2. The molecule has 1 unspecified atom stereocenters. The maximum Gasteiger partial charge on any atom is 0.408 e. The van der Waals surface area contributed by atoms with E-state index in [0.717, 1.165) is 71.0 Å². The van der Waals surface area contributed by atoms with E-state index in [2.05, 4.69) is 74.1 Å². The molecule has 2 aliphatic heterocycles. The number of nitrogens with zero attached hydrogens (tertiary/aromatic N) is 4. The fraction of sp³-hybridized carbons (Fsp3) is 0.488. The Hall–Kier alpha value is -5.66. The van der Waals surface area contributed by atoms with Crippen LogP contribution >= 0.6 is 0 Å². The average molecular weight is 781 g/mol. The summed E-state index contributed by atoms with van der Waals surface area (Å²) < 4.78 is 10.3. The Morgan fingerprint density at radius 3 is 1.46 bits per heavy atom. The van der Waals surface area contributed by atoms with Crippen molar-refractivity contribution in [1.29, 1.82) is 0 Å². The zero-order valence-corrected chi connectivity index (χ0v) is 34.0. The lowest BCUT2D eigenvalue weighted by molar-refractivity contribution is -0.136. The van der Waals surface area contributed by atoms with E-state index in [-0.39, 0.29) is 48.4 Å². The molecule has 2 aromatic carbocycles. The van der Waals surface area contributed by atoms with Gasteiger partial charge in [0.05, 0.1) is 48.6 Å². The third kappa shape index (κ3) is 9.49. The molecule has 0 spiro atoms. The highest BCUT2D eigenvalue weighted by Gasteiger charge is 2.39. The average Bonchev–Trinajstić information content (AvgIpc) is 4.02. The highest BCUT2D eigenvalue weighted by molar-refractivity contribution is 5.87. The maximum absolute atomic E-state index is 13.7. The van der Waals surface area contributed by atoms with Crippen LogP contribution in [0.5, 0.6) is 0 Å². The molecule has 2 fully saturated rings. The second-order valence-electron chi connectivity index (χ2n) is 15.8. The van der Waals surface area contributed by atoms with Crippen LogP contribution in [0.2, 0.25) is 0 Å². The molecule has 0 radical (unpaired) electrons. The van der Waals surface area contributed by atoms with Gasteiger partial charge in [-0.2, -0.15) is 0 Å². The molecular weight excluding hydrogens is 725 g/mol. The number of likely N-dealkylation sites (tertiary alicyclic amines) is 2. The highest BCUT2D eigenvalue weighted by atomic mass is 16.6. The lowest BCUT2D eigenvalue weighted by atomic mass is 10.0. The molecule has 4 heterocycles. The van der Waals surface area contributed by atoms with E-state index in [1.807, 2.05) is 37.5 Å². The highest BCUT2D eigenvalue weighted by Crippen LogP contribution is 2.35. The Balaban J connectivity index is 1.09. The Morgan fingerprint density at radius 2 is 1.07 bits per heavy atom. The predicted octanol–water partition coefficient (Wildman–Crippen LogP) is 7.39. The van der Waals surface area contributed by atoms with Gasteiger partial charge in [0.15, 0.2) is 0 Å². The van der Waals surface area contributed by atoms with Gasteiger partial charge in [0.25, 0.3) is 0 Å². The van der Waals surface area contributed by atoms with Crippen molar-refractivity contribution in [1.82, 2.24) is 40.4 Å². The third-order valence-corrected chi connectivity index (χ3v) is 10.6. The minimum Gasteiger partial charge on any atom is -0.450 e. The van der Waals surface area contributed by atoms with Crippen LogP contribution in [0.25, 0.3) is 33.6 Å². The van der Waals surface area contributed by atoms with Gasteiger partial charge in [0.2, 0.25) is 11.8 Å². The first-order chi connectivity index (χ1) is 27.3. The standard InChI is InChI=1S/C43H56N8O6/c1-8-56-42(54)48-36(25(2)3)40(52)50-21-9-11-34(50)38-44-23-32(46-38)30-17-13-28(14-18-30)29-15-19-31(20-16-29)33-24-45-39(47-33)35-12-10-22-51(35)41(53)37(26(4)5)49-43(55)57-27(6)7/h13-20,23-27,34-37H,8-12,21-22H2,1-7H3,(H,44,46)(H,45,47)(H,48,54)(H,49,55)/t34?,35-,36-,37-/m0/s1. The van der Waals surface area contributed by atoms with Crippen molar-refractivity contribution in [3.63, 3.8) is 0 Å². The molecule has 14 heteroatoms. The van der Waals surface area contributed by atoms with Crippen LogP contribution in [-0.2, 0) is 19.1 Å². The smallest absolute Gasteiger partial charge is 0.408 e. The number of alkyl carbamates (subject to hydrolysis) is 2. The van der Waals surface area contributed by atoms with Gasteiger partial charge in [-0.05, 0) is 80.5 Å². The summed E-state index contributed by atoms with van der Waals surface area (Å²) in [5, 5.41) is 5.52. The number of amides is 4. The zero-order valence-electron chi connectivity index (χ0n) is 34.0. The predicted molar refractivity (Wildman–Crippen MR) is 217 cm³/mol. The van der Waals surface area contributed by atoms with Gasteiger partial charge in [-0.25, -0.2) is 19.6 Å². The number of nitrogens with one attached hydrogen (secondary N) is 4. The quantitative estimate of drug-likeness (QED) is 0.109. The van der Waals surface area contributed by atoms with Crippen molar-refractivity contribution in [2.75, 3.05) is 19.7 Å². The van der Waals surface area contributed by atoms with Gasteiger partial charge >= 0.3 is 12.2 Å². The first-order valence-electron chi connectivity index (χ1n) is 20.2. The summed E-state index contributed by atoms with van der Waals surface area (Å²) >= 11 is 0. The van der Waals surface area contributed by atoms with E-state index in [9.17, 15) is 19.2 Å². The van der Waals surface area contributed by atoms with E-state index in [0.29, 0.717) is 13.1 Å². The van der Waals surface area contributed by atoms with Crippen LogP contribution in [-0.4, -0.2) is 91.6 Å². The topological polar surface area (TPSA) is 175 Å². The molecule has 4 N–H and O–H groups in total. The summed E-state index contributed by atoms with van der Waals surface area (Å²) in [4.78, 5) is 71.8. The number of hydrogen-bond acceptors (Lipinski definition) is 8. The van der Waals surface area contributed by atoms with Crippen LogP contribution in [0.15, 0.2) is 60.9 Å².